The number of hydrogen-bond acceptors (Lipinski definition) is 4. The molecule has 0 saturated heterocycles. The third-order valence-corrected chi connectivity index (χ3v) is 3.32. The fourth-order valence-electron chi connectivity index (χ4n) is 1.95. The van der Waals surface area contributed by atoms with Crippen molar-refractivity contribution in [2.24, 2.45) is 7.05 Å². The molecule has 0 bridgehead atoms. The molecule has 0 fully saturated rings. The van der Waals surface area contributed by atoms with Gasteiger partial charge in [0.1, 0.15) is 0 Å². The predicted octanol–water partition coefficient (Wildman–Crippen LogP) is 1.28. The summed E-state index contributed by atoms with van der Waals surface area (Å²) in [6.45, 7) is 2.59. The number of aromatic nitrogens is 2. The van der Waals surface area contributed by atoms with E-state index in [-0.39, 0.29) is 5.91 Å². The van der Waals surface area contributed by atoms with Gasteiger partial charge < -0.3 is 16.4 Å². The zero-order chi connectivity index (χ0) is 14.7. The average molecular weight is 273 g/mol. The first kappa shape index (κ1) is 13.9. The minimum absolute atomic E-state index is 0.143. The minimum Gasteiger partial charge on any atom is -0.399 e. The van der Waals surface area contributed by atoms with Crippen molar-refractivity contribution in [3.8, 4) is 0 Å². The highest BCUT2D eigenvalue weighted by atomic mass is 16.1. The summed E-state index contributed by atoms with van der Waals surface area (Å²) in [6, 6.07) is 5.19. The molecule has 1 amide bonds. The predicted molar refractivity (Wildman–Crippen MR) is 79.5 cm³/mol. The SMILES string of the molecule is CNC(=O)c1ccc(N)cc1NCc1cnn(C)c1C. The summed E-state index contributed by atoms with van der Waals surface area (Å²) in [5.41, 5.74) is 9.85. The van der Waals surface area contributed by atoms with E-state index in [0.717, 1.165) is 11.3 Å². The van der Waals surface area contributed by atoms with E-state index in [0.29, 0.717) is 23.5 Å². The number of amides is 1. The third kappa shape index (κ3) is 2.74. The molecule has 6 heteroatoms. The highest BCUT2D eigenvalue weighted by molar-refractivity contribution is 6.00. The molecule has 0 aliphatic carbocycles. The van der Waals surface area contributed by atoms with Crippen LogP contribution in [0.2, 0.25) is 0 Å². The highest BCUT2D eigenvalue weighted by Gasteiger charge is 2.11. The lowest BCUT2D eigenvalue weighted by atomic mass is 10.1. The van der Waals surface area contributed by atoms with Gasteiger partial charge in [-0.05, 0) is 25.1 Å². The standard InChI is InChI=1S/C14H19N5O/c1-9-10(8-18-19(9)3)7-17-13-6-11(15)4-5-12(13)14(20)16-2/h4-6,8,17H,7,15H2,1-3H3,(H,16,20). The van der Waals surface area contributed by atoms with Crippen LogP contribution in [0.15, 0.2) is 24.4 Å². The van der Waals surface area contributed by atoms with E-state index in [9.17, 15) is 4.79 Å². The van der Waals surface area contributed by atoms with Gasteiger partial charge in [0, 0.05) is 43.3 Å². The van der Waals surface area contributed by atoms with Gasteiger partial charge in [0.15, 0.2) is 0 Å². The maximum absolute atomic E-state index is 11.8. The lowest BCUT2D eigenvalue weighted by molar-refractivity contribution is 0.0964. The first-order valence-electron chi connectivity index (χ1n) is 6.36. The molecule has 2 aromatic rings. The monoisotopic (exact) mass is 273 g/mol. The molecule has 0 radical (unpaired) electrons. The van der Waals surface area contributed by atoms with Gasteiger partial charge in [-0.25, -0.2) is 0 Å². The topological polar surface area (TPSA) is 85.0 Å². The number of carbonyl (C=O) groups is 1. The summed E-state index contributed by atoms with van der Waals surface area (Å²) in [7, 11) is 3.50. The van der Waals surface area contributed by atoms with Crippen LogP contribution in [0, 0.1) is 6.92 Å². The number of nitrogens with zero attached hydrogens (tertiary/aromatic N) is 2. The number of anilines is 2. The van der Waals surface area contributed by atoms with Crippen molar-refractivity contribution in [2.75, 3.05) is 18.1 Å². The van der Waals surface area contributed by atoms with E-state index in [1.165, 1.54) is 0 Å². The second-order valence-corrected chi connectivity index (χ2v) is 4.62. The zero-order valence-electron chi connectivity index (χ0n) is 11.9. The maximum Gasteiger partial charge on any atom is 0.253 e. The van der Waals surface area contributed by atoms with E-state index in [1.807, 2.05) is 24.9 Å². The van der Waals surface area contributed by atoms with Crippen LogP contribution in [0.5, 0.6) is 0 Å². The lowest BCUT2D eigenvalue weighted by Gasteiger charge is -2.12. The number of nitrogens with one attached hydrogen (secondary N) is 2. The number of rotatable bonds is 4. The molecule has 20 heavy (non-hydrogen) atoms. The number of nitrogen functional groups attached to an aromatic ring is 1. The molecule has 0 aliphatic rings. The van der Waals surface area contributed by atoms with Crippen LogP contribution in [0.4, 0.5) is 11.4 Å². The van der Waals surface area contributed by atoms with Crippen LogP contribution in [0.1, 0.15) is 21.6 Å². The van der Waals surface area contributed by atoms with Gasteiger partial charge in [-0.3, -0.25) is 9.48 Å². The van der Waals surface area contributed by atoms with Gasteiger partial charge in [-0.1, -0.05) is 0 Å². The summed E-state index contributed by atoms with van der Waals surface area (Å²) in [4.78, 5) is 11.8. The Hall–Kier alpha value is -2.50. The smallest absolute Gasteiger partial charge is 0.253 e. The summed E-state index contributed by atoms with van der Waals surface area (Å²) >= 11 is 0. The minimum atomic E-state index is -0.143. The molecule has 0 spiro atoms. The van der Waals surface area contributed by atoms with E-state index in [1.54, 1.807) is 25.2 Å². The van der Waals surface area contributed by atoms with Crippen LogP contribution in [-0.2, 0) is 13.6 Å². The molecule has 1 heterocycles. The Balaban J connectivity index is 2.22. The number of aryl methyl sites for hydroxylation is 1. The average Bonchev–Trinajstić information content (AvgIpc) is 2.76. The fraction of sp³-hybridized carbons (Fsp3) is 0.286. The van der Waals surface area contributed by atoms with E-state index in [2.05, 4.69) is 15.7 Å². The summed E-state index contributed by atoms with van der Waals surface area (Å²) in [5, 5.41) is 10.1. The third-order valence-electron chi connectivity index (χ3n) is 3.32. The van der Waals surface area contributed by atoms with E-state index in [4.69, 9.17) is 5.73 Å². The van der Waals surface area contributed by atoms with Crippen molar-refractivity contribution in [1.29, 1.82) is 0 Å². The molecule has 0 atom stereocenters. The number of nitrogens with two attached hydrogens (primary N) is 1. The van der Waals surface area contributed by atoms with Crippen molar-refractivity contribution in [2.45, 2.75) is 13.5 Å². The normalized spacial score (nSPS) is 10.3. The number of hydrogen-bond donors (Lipinski definition) is 3. The van der Waals surface area contributed by atoms with Gasteiger partial charge in [0.05, 0.1) is 11.8 Å². The van der Waals surface area contributed by atoms with Crippen LogP contribution in [0.25, 0.3) is 0 Å². The van der Waals surface area contributed by atoms with Gasteiger partial charge in [0.2, 0.25) is 0 Å². The first-order chi connectivity index (χ1) is 9.52. The zero-order valence-corrected chi connectivity index (χ0v) is 11.9. The Morgan fingerprint density at radius 1 is 1.45 bits per heavy atom. The van der Waals surface area contributed by atoms with Crippen LogP contribution >= 0.6 is 0 Å². The Morgan fingerprint density at radius 3 is 2.80 bits per heavy atom. The summed E-state index contributed by atoms with van der Waals surface area (Å²) in [5.74, 6) is -0.143. The quantitative estimate of drug-likeness (QED) is 0.733. The molecular formula is C14H19N5O. The Bertz CT molecular complexity index is 632. The van der Waals surface area contributed by atoms with Crippen molar-refractivity contribution in [3.05, 3.63) is 41.2 Å². The van der Waals surface area contributed by atoms with Crippen LogP contribution in [0.3, 0.4) is 0 Å². The Kier molecular flexibility index (Phi) is 3.93. The second kappa shape index (κ2) is 5.64. The fourth-order valence-corrected chi connectivity index (χ4v) is 1.95. The lowest BCUT2D eigenvalue weighted by Crippen LogP contribution is -2.19. The van der Waals surface area contributed by atoms with Crippen molar-refractivity contribution < 1.29 is 4.79 Å². The molecule has 1 aromatic heterocycles. The maximum atomic E-state index is 11.8. The molecule has 0 unspecified atom stereocenters. The molecular weight excluding hydrogens is 254 g/mol. The van der Waals surface area contributed by atoms with Crippen molar-refractivity contribution in [1.82, 2.24) is 15.1 Å². The molecule has 2 rings (SSSR count). The van der Waals surface area contributed by atoms with Crippen molar-refractivity contribution >= 4 is 17.3 Å². The largest absolute Gasteiger partial charge is 0.399 e. The van der Waals surface area contributed by atoms with Gasteiger partial charge in [-0.15, -0.1) is 0 Å². The van der Waals surface area contributed by atoms with Crippen LogP contribution < -0.4 is 16.4 Å². The Morgan fingerprint density at radius 2 is 2.20 bits per heavy atom. The van der Waals surface area contributed by atoms with Crippen molar-refractivity contribution in [3.63, 3.8) is 0 Å². The highest BCUT2D eigenvalue weighted by Crippen LogP contribution is 2.20. The summed E-state index contributed by atoms with van der Waals surface area (Å²) in [6.07, 6.45) is 1.81. The van der Waals surface area contributed by atoms with Crippen LogP contribution in [-0.4, -0.2) is 22.7 Å². The van der Waals surface area contributed by atoms with Gasteiger partial charge >= 0.3 is 0 Å². The van der Waals surface area contributed by atoms with Gasteiger partial charge in [0.25, 0.3) is 5.91 Å². The molecule has 106 valence electrons. The summed E-state index contributed by atoms with van der Waals surface area (Å²) < 4.78 is 1.82. The molecule has 0 aliphatic heterocycles. The molecule has 1 aromatic carbocycles. The number of benzene rings is 1. The molecule has 0 saturated carbocycles. The Labute approximate surface area is 118 Å². The first-order valence-corrected chi connectivity index (χ1v) is 6.36. The number of carbonyl (C=O) groups excluding carboxylic acids is 1. The van der Waals surface area contributed by atoms with E-state index >= 15 is 0 Å². The molecule has 6 nitrogen and oxygen atoms in total. The van der Waals surface area contributed by atoms with E-state index < -0.39 is 0 Å². The second-order valence-electron chi connectivity index (χ2n) is 4.62. The molecule has 4 N–H and O–H groups in total. The van der Waals surface area contributed by atoms with Gasteiger partial charge in [-0.2, -0.15) is 5.10 Å².